The van der Waals surface area contributed by atoms with Gasteiger partial charge in [-0.05, 0) is 38.8 Å². The molecule has 2 atom stereocenters. The second-order valence-electron chi connectivity index (χ2n) is 4.93. The van der Waals surface area contributed by atoms with Crippen LogP contribution < -0.4 is 5.73 Å². The van der Waals surface area contributed by atoms with Gasteiger partial charge in [-0.1, -0.05) is 6.42 Å². The van der Waals surface area contributed by atoms with Crippen LogP contribution in [0.25, 0.3) is 0 Å². The average Bonchev–Trinajstić information content (AvgIpc) is 2.81. The SMILES string of the molecule is COCCCOCCN(C)C1CCCC1CN. The third-order valence-corrected chi connectivity index (χ3v) is 3.71. The van der Waals surface area contributed by atoms with Gasteiger partial charge < -0.3 is 20.1 Å². The zero-order valence-corrected chi connectivity index (χ0v) is 11.4. The smallest absolute Gasteiger partial charge is 0.0593 e. The van der Waals surface area contributed by atoms with Gasteiger partial charge in [-0.25, -0.2) is 0 Å². The summed E-state index contributed by atoms with van der Waals surface area (Å²) in [6.07, 6.45) is 4.89. The molecular weight excluding hydrogens is 216 g/mol. The van der Waals surface area contributed by atoms with Gasteiger partial charge in [0.15, 0.2) is 0 Å². The summed E-state index contributed by atoms with van der Waals surface area (Å²) in [4.78, 5) is 2.42. The van der Waals surface area contributed by atoms with Crippen LogP contribution in [0.5, 0.6) is 0 Å². The molecular formula is C13H28N2O2. The van der Waals surface area contributed by atoms with Crippen LogP contribution >= 0.6 is 0 Å². The number of ether oxygens (including phenoxy) is 2. The maximum absolute atomic E-state index is 5.80. The van der Waals surface area contributed by atoms with E-state index < -0.39 is 0 Å². The molecule has 0 saturated heterocycles. The van der Waals surface area contributed by atoms with Crippen LogP contribution in [0.3, 0.4) is 0 Å². The highest BCUT2D eigenvalue weighted by atomic mass is 16.5. The third-order valence-electron chi connectivity index (χ3n) is 3.71. The molecule has 1 fully saturated rings. The molecule has 4 nitrogen and oxygen atoms in total. The van der Waals surface area contributed by atoms with E-state index in [2.05, 4.69) is 11.9 Å². The molecule has 0 spiro atoms. The van der Waals surface area contributed by atoms with E-state index >= 15 is 0 Å². The minimum atomic E-state index is 0.669. The van der Waals surface area contributed by atoms with Gasteiger partial charge in [-0.2, -0.15) is 0 Å². The monoisotopic (exact) mass is 244 g/mol. The fourth-order valence-electron chi connectivity index (χ4n) is 2.65. The van der Waals surface area contributed by atoms with E-state index in [9.17, 15) is 0 Å². The van der Waals surface area contributed by atoms with Gasteiger partial charge in [0.25, 0.3) is 0 Å². The van der Waals surface area contributed by atoms with E-state index in [1.807, 2.05) is 0 Å². The summed E-state index contributed by atoms with van der Waals surface area (Å²) in [5.41, 5.74) is 5.80. The molecule has 102 valence electrons. The Kier molecular flexibility index (Phi) is 7.77. The van der Waals surface area contributed by atoms with Crippen molar-refractivity contribution in [2.45, 2.75) is 31.7 Å². The molecule has 1 saturated carbocycles. The highest BCUT2D eigenvalue weighted by Crippen LogP contribution is 2.28. The molecule has 0 bridgehead atoms. The molecule has 0 aromatic carbocycles. The number of nitrogens with zero attached hydrogens (tertiary/aromatic N) is 1. The Balaban J connectivity index is 2.06. The first-order valence-corrected chi connectivity index (χ1v) is 6.76. The number of likely N-dealkylation sites (N-methyl/N-ethyl adjacent to an activating group) is 1. The van der Waals surface area contributed by atoms with Crippen molar-refractivity contribution in [3.63, 3.8) is 0 Å². The third kappa shape index (κ3) is 5.34. The van der Waals surface area contributed by atoms with Crippen LogP contribution in [-0.4, -0.2) is 58.0 Å². The van der Waals surface area contributed by atoms with E-state index in [0.717, 1.165) is 39.3 Å². The summed E-state index contributed by atoms with van der Waals surface area (Å²) in [6.45, 7) is 4.23. The lowest BCUT2D eigenvalue weighted by Gasteiger charge is -2.28. The van der Waals surface area contributed by atoms with Crippen molar-refractivity contribution in [3.8, 4) is 0 Å². The average molecular weight is 244 g/mol. The second kappa shape index (κ2) is 8.86. The second-order valence-corrected chi connectivity index (χ2v) is 4.93. The molecule has 2 N–H and O–H groups in total. The summed E-state index contributed by atoms with van der Waals surface area (Å²) in [5, 5.41) is 0. The lowest BCUT2D eigenvalue weighted by Crippen LogP contribution is -2.39. The predicted octanol–water partition coefficient (Wildman–Crippen LogP) is 1.10. The highest BCUT2D eigenvalue weighted by Gasteiger charge is 2.28. The lowest BCUT2D eigenvalue weighted by molar-refractivity contribution is 0.0754. The van der Waals surface area contributed by atoms with Crippen molar-refractivity contribution in [2.75, 3.05) is 47.1 Å². The Morgan fingerprint density at radius 2 is 2.06 bits per heavy atom. The molecule has 2 unspecified atom stereocenters. The van der Waals surface area contributed by atoms with Gasteiger partial charge >= 0.3 is 0 Å². The molecule has 1 aliphatic carbocycles. The molecule has 0 amide bonds. The Morgan fingerprint density at radius 1 is 1.24 bits per heavy atom. The van der Waals surface area contributed by atoms with Crippen LogP contribution in [0.4, 0.5) is 0 Å². The van der Waals surface area contributed by atoms with E-state index in [1.54, 1.807) is 7.11 Å². The molecule has 1 aliphatic rings. The quantitative estimate of drug-likeness (QED) is 0.617. The fraction of sp³-hybridized carbons (Fsp3) is 1.00. The Morgan fingerprint density at radius 3 is 2.76 bits per heavy atom. The van der Waals surface area contributed by atoms with Gasteiger partial charge in [0.05, 0.1) is 6.61 Å². The van der Waals surface area contributed by atoms with E-state index in [4.69, 9.17) is 15.2 Å². The largest absolute Gasteiger partial charge is 0.385 e. The van der Waals surface area contributed by atoms with Crippen LogP contribution in [-0.2, 0) is 9.47 Å². The van der Waals surface area contributed by atoms with Crippen molar-refractivity contribution >= 4 is 0 Å². The number of nitrogens with two attached hydrogens (primary N) is 1. The maximum atomic E-state index is 5.80. The molecule has 0 radical (unpaired) electrons. The topological polar surface area (TPSA) is 47.7 Å². The number of methoxy groups -OCH3 is 1. The highest BCUT2D eigenvalue weighted by molar-refractivity contribution is 4.84. The molecule has 17 heavy (non-hydrogen) atoms. The van der Waals surface area contributed by atoms with Crippen molar-refractivity contribution < 1.29 is 9.47 Å². The first-order chi connectivity index (χ1) is 8.29. The zero-order chi connectivity index (χ0) is 12.5. The number of hydrogen-bond acceptors (Lipinski definition) is 4. The van der Waals surface area contributed by atoms with Gasteiger partial charge in [0, 0.05) is 32.9 Å². The minimum Gasteiger partial charge on any atom is -0.385 e. The molecule has 0 aromatic heterocycles. The fourth-order valence-corrected chi connectivity index (χ4v) is 2.65. The molecule has 4 heteroatoms. The Labute approximate surface area is 105 Å². The van der Waals surface area contributed by atoms with E-state index in [-0.39, 0.29) is 0 Å². The molecule has 0 aliphatic heterocycles. The number of hydrogen-bond donors (Lipinski definition) is 1. The molecule has 0 heterocycles. The molecule has 0 aromatic rings. The van der Waals surface area contributed by atoms with Gasteiger partial charge in [0.1, 0.15) is 0 Å². The van der Waals surface area contributed by atoms with Crippen molar-refractivity contribution in [2.24, 2.45) is 11.7 Å². The van der Waals surface area contributed by atoms with Gasteiger partial charge in [-0.3, -0.25) is 0 Å². The summed E-state index contributed by atoms with van der Waals surface area (Å²) in [7, 11) is 3.91. The summed E-state index contributed by atoms with van der Waals surface area (Å²) in [5.74, 6) is 0.688. The van der Waals surface area contributed by atoms with Crippen LogP contribution in [0.1, 0.15) is 25.7 Å². The maximum Gasteiger partial charge on any atom is 0.0593 e. The van der Waals surface area contributed by atoms with E-state index in [1.165, 1.54) is 19.3 Å². The molecule has 1 rings (SSSR count). The van der Waals surface area contributed by atoms with Crippen LogP contribution in [0, 0.1) is 5.92 Å². The Hall–Kier alpha value is -0.160. The van der Waals surface area contributed by atoms with Crippen molar-refractivity contribution in [1.82, 2.24) is 4.90 Å². The Bertz CT molecular complexity index is 190. The van der Waals surface area contributed by atoms with Crippen molar-refractivity contribution in [3.05, 3.63) is 0 Å². The summed E-state index contributed by atoms with van der Waals surface area (Å²) in [6, 6.07) is 0.669. The standard InChI is InChI=1S/C13H28N2O2/c1-15(7-10-17-9-4-8-16-2)13-6-3-5-12(13)11-14/h12-13H,3-11,14H2,1-2H3. The van der Waals surface area contributed by atoms with Crippen molar-refractivity contribution in [1.29, 1.82) is 0 Å². The first-order valence-electron chi connectivity index (χ1n) is 6.76. The van der Waals surface area contributed by atoms with Crippen LogP contribution in [0.15, 0.2) is 0 Å². The predicted molar refractivity (Wildman–Crippen MR) is 70.1 cm³/mol. The van der Waals surface area contributed by atoms with Crippen LogP contribution in [0.2, 0.25) is 0 Å². The number of rotatable bonds is 9. The summed E-state index contributed by atoms with van der Waals surface area (Å²) < 4.78 is 10.6. The van der Waals surface area contributed by atoms with Gasteiger partial charge in [0.2, 0.25) is 0 Å². The lowest BCUT2D eigenvalue weighted by atomic mass is 10.0. The van der Waals surface area contributed by atoms with Gasteiger partial charge in [-0.15, -0.1) is 0 Å². The van der Waals surface area contributed by atoms with E-state index in [0.29, 0.717) is 12.0 Å². The minimum absolute atomic E-state index is 0.669. The first kappa shape index (κ1) is 14.9. The normalized spacial score (nSPS) is 24.7. The summed E-state index contributed by atoms with van der Waals surface area (Å²) >= 11 is 0. The zero-order valence-electron chi connectivity index (χ0n) is 11.4.